The van der Waals surface area contributed by atoms with Gasteiger partial charge in [-0.3, -0.25) is 9.59 Å². The highest BCUT2D eigenvalue weighted by Gasteiger charge is 2.17. The van der Waals surface area contributed by atoms with E-state index < -0.39 is 17.8 Å². The second-order valence-electron chi connectivity index (χ2n) is 4.25. The lowest BCUT2D eigenvalue weighted by atomic mass is 10.2. The molecule has 1 aromatic heterocycles. The molecule has 0 saturated heterocycles. The summed E-state index contributed by atoms with van der Waals surface area (Å²) in [5.41, 5.74) is -0.0412. The molecule has 112 valence electrons. The molecule has 1 heterocycles. The number of nitrogens with zero attached hydrogens (tertiary/aromatic N) is 1. The first-order valence-corrected chi connectivity index (χ1v) is 6.26. The largest absolute Gasteiger partial charge is 0.478 e. The van der Waals surface area contributed by atoms with Gasteiger partial charge in [0.05, 0.1) is 5.56 Å². The highest BCUT2D eigenvalue weighted by Crippen LogP contribution is 2.20. The van der Waals surface area contributed by atoms with Crippen LogP contribution in [0.5, 0.6) is 5.75 Å². The van der Waals surface area contributed by atoms with Crippen LogP contribution in [-0.2, 0) is 4.79 Å². The quantitative estimate of drug-likeness (QED) is 0.660. The van der Waals surface area contributed by atoms with Crippen LogP contribution in [0, 0.1) is 0 Å². The number of benzene rings is 1. The Bertz CT molecular complexity index is 742. The SMILES string of the molecule is CC(=O)Oc1ccccc1C(=O)Nc1ncccc1C(=O)O. The first-order valence-electron chi connectivity index (χ1n) is 6.26. The van der Waals surface area contributed by atoms with Gasteiger partial charge in [-0.25, -0.2) is 9.78 Å². The van der Waals surface area contributed by atoms with Gasteiger partial charge in [-0.15, -0.1) is 0 Å². The third kappa shape index (κ3) is 3.45. The summed E-state index contributed by atoms with van der Waals surface area (Å²) in [5.74, 6) is -2.41. The second kappa shape index (κ2) is 6.49. The van der Waals surface area contributed by atoms with Crippen molar-refractivity contribution in [3.8, 4) is 5.75 Å². The summed E-state index contributed by atoms with van der Waals surface area (Å²) < 4.78 is 4.95. The van der Waals surface area contributed by atoms with Gasteiger partial charge < -0.3 is 15.2 Å². The van der Waals surface area contributed by atoms with Gasteiger partial charge in [-0.1, -0.05) is 12.1 Å². The standard InChI is InChI=1S/C15H12N2O5/c1-9(18)22-12-7-3-2-5-10(12)14(19)17-13-11(15(20)21)6-4-8-16-13/h2-8H,1H3,(H,20,21)(H,16,17,19). The number of carbonyl (C=O) groups excluding carboxylic acids is 2. The number of rotatable bonds is 4. The summed E-state index contributed by atoms with van der Waals surface area (Å²) in [6, 6.07) is 8.90. The Morgan fingerprint density at radius 1 is 1.09 bits per heavy atom. The maximum atomic E-state index is 12.3. The van der Waals surface area contributed by atoms with E-state index in [0.717, 1.165) is 0 Å². The molecular formula is C15H12N2O5. The van der Waals surface area contributed by atoms with Gasteiger partial charge in [-0.05, 0) is 24.3 Å². The van der Waals surface area contributed by atoms with Crippen LogP contribution >= 0.6 is 0 Å². The fourth-order valence-electron chi connectivity index (χ4n) is 1.75. The number of aromatic carboxylic acids is 1. The Kier molecular flexibility index (Phi) is 4.47. The van der Waals surface area contributed by atoms with E-state index in [1.165, 1.54) is 37.4 Å². The zero-order valence-electron chi connectivity index (χ0n) is 11.6. The topological polar surface area (TPSA) is 106 Å². The first-order chi connectivity index (χ1) is 10.5. The maximum Gasteiger partial charge on any atom is 0.339 e. The van der Waals surface area contributed by atoms with Crippen LogP contribution in [-0.4, -0.2) is 27.9 Å². The molecule has 2 N–H and O–H groups in total. The predicted octanol–water partition coefficient (Wildman–Crippen LogP) is 1.96. The van der Waals surface area contributed by atoms with Crippen molar-refractivity contribution in [2.75, 3.05) is 5.32 Å². The lowest BCUT2D eigenvalue weighted by molar-refractivity contribution is -0.131. The van der Waals surface area contributed by atoms with Crippen LogP contribution in [0.3, 0.4) is 0 Å². The molecule has 0 radical (unpaired) electrons. The Morgan fingerprint density at radius 2 is 1.77 bits per heavy atom. The van der Waals surface area contributed by atoms with E-state index in [9.17, 15) is 14.4 Å². The van der Waals surface area contributed by atoms with E-state index >= 15 is 0 Å². The molecule has 0 unspecified atom stereocenters. The normalized spacial score (nSPS) is 9.86. The summed E-state index contributed by atoms with van der Waals surface area (Å²) >= 11 is 0. The molecule has 2 aromatic rings. The Labute approximate surface area is 125 Å². The molecule has 0 aliphatic carbocycles. The number of carboxylic acid groups (broad SMARTS) is 1. The molecular weight excluding hydrogens is 288 g/mol. The number of carbonyl (C=O) groups is 3. The van der Waals surface area contributed by atoms with E-state index in [1.807, 2.05) is 0 Å². The van der Waals surface area contributed by atoms with E-state index in [4.69, 9.17) is 9.84 Å². The molecule has 1 aromatic carbocycles. The van der Waals surface area contributed by atoms with Gasteiger partial charge in [0.2, 0.25) is 0 Å². The van der Waals surface area contributed by atoms with Crippen LogP contribution in [0.15, 0.2) is 42.6 Å². The molecule has 0 saturated carbocycles. The van der Waals surface area contributed by atoms with Gasteiger partial charge in [0.15, 0.2) is 0 Å². The van der Waals surface area contributed by atoms with Crippen molar-refractivity contribution in [3.63, 3.8) is 0 Å². The van der Waals surface area contributed by atoms with Crippen LogP contribution in [0.25, 0.3) is 0 Å². The molecule has 2 rings (SSSR count). The third-order valence-corrected chi connectivity index (χ3v) is 2.66. The number of ether oxygens (including phenoxy) is 1. The summed E-state index contributed by atoms with van der Waals surface area (Å²) in [4.78, 5) is 38.2. The predicted molar refractivity (Wildman–Crippen MR) is 76.9 cm³/mol. The first kappa shape index (κ1) is 15.2. The third-order valence-electron chi connectivity index (χ3n) is 2.66. The number of hydrogen-bond donors (Lipinski definition) is 2. The molecule has 7 nitrogen and oxygen atoms in total. The highest BCUT2D eigenvalue weighted by molar-refractivity contribution is 6.08. The van der Waals surface area contributed by atoms with Gasteiger partial charge in [0, 0.05) is 13.1 Å². The smallest absolute Gasteiger partial charge is 0.339 e. The zero-order valence-corrected chi connectivity index (χ0v) is 11.6. The number of esters is 1. The van der Waals surface area contributed by atoms with Crippen LogP contribution < -0.4 is 10.1 Å². The molecule has 0 bridgehead atoms. The van der Waals surface area contributed by atoms with Crippen molar-refractivity contribution in [1.82, 2.24) is 4.98 Å². The molecule has 0 aliphatic rings. The van der Waals surface area contributed by atoms with E-state index in [2.05, 4.69) is 10.3 Å². The van der Waals surface area contributed by atoms with Crippen LogP contribution in [0.4, 0.5) is 5.82 Å². The Morgan fingerprint density at radius 3 is 2.45 bits per heavy atom. The summed E-state index contributed by atoms with van der Waals surface area (Å²) in [7, 11) is 0. The molecule has 0 spiro atoms. The molecule has 7 heteroatoms. The number of amides is 1. The van der Waals surface area contributed by atoms with Gasteiger partial charge in [-0.2, -0.15) is 0 Å². The molecule has 0 aliphatic heterocycles. The van der Waals surface area contributed by atoms with Gasteiger partial charge >= 0.3 is 11.9 Å². The average Bonchev–Trinajstić information content (AvgIpc) is 2.47. The molecule has 1 amide bonds. The number of aromatic nitrogens is 1. The number of carboxylic acids is 1. The van der Waals surface area contributed by atoms with Crippen molar-refractivity contribution in [3.05, 3.63) is 53.7 Å². The second-order valence-corrected chi connectivity index (χ2v) is 4.25. The fraction of sp³-hybridized carbons (Fsp3) is 0.0667. The van der Waals surface area contributed by atoms with Crippen molar-refractivity contribution < 1.29 is 24.2 Å². The fourth-order valence-corrected chi connectivity index (χ4v) is 1.75. The van der Waals surface area contributed by atoms with Gasteiger partial charge in [0.25, 0.3) is 5.91 Å². The van der Waals surface area contributed by atoms with Crippen LogP contribution in [0.1, 0.15) is 27.6 Å². The minimum Gasteiger partial charge on any atom is -0.478 e. The van der Waals surface area contributed by atoms with Gasteiger partial charge in [0.1, 0.15) is 17.1 Å². The minimum absolute atomic E-state index is 0.0836. The minimum atomic E-state index is -1.21. The summed E-state index contributed by atoms with van der Waals surface area (Å²) in [5, 5.41) is 11.5. The van der Waals surface area contributed by atoms with E-state index in [-0.39, 0.29) is 22.7 Å². The maximum absolute atomic E-state index is 12.3. The van der Waals surface area contributed by atoms with Crippen molar-refractivity contribution in [2.45, 2.75) is 6.92 Å². The monoisotopic (exact) mass is 300 g/mol. The lowest BCUT2D eigenvalue weighted by Gasteiger charge is -2.10. The number of hydrogen-bond acceptors (Lipinski definition) is 5. The van der Waals surface area contributed by atoms with E-state index in [1.54, 1.807) is 12.1 Å². The number of para-hydroxylation sites is 1. The molecule has 0 fully saturated rings. The summed E-state index contributed by atoms with van der Waals surface area (Å²) in [6.07, 6.45) is 1.36. The number of pyridine rings is 1. The van der Waals surface area contributed by atoms with Crippen molar-refractivity contribution in [1.29, 1.82) is 0 Å². The number of anilines is 1. The lowest BCUT2D eigenvalue weighted by Crippen LogP contribution is -2.17. The van der Waals surface area contributed by atoms with Crippen molar-refractivity contribution >= 4 is 23.7 Å². The van der Waals surface area contributed by atoms with Crippen molar-refractivity contribution in [2.24, 2.45) is 0 Å². The van der Waals surface area contributed by atoms with Crippen LogP contribution in [0.2, 0.25) is 0 Å². The Balaban J connectivity index is 2.31. The van der Waals surface area contributed by atoms with E-state index in [0.29, 0.717) is 0 Å². The number of nitrogens with one attached hydrogen (secondary N) is 1. The Hall–Kier alpha value is -3.22. The summed E-state index contributed by atoms with van der Waals surface area (Å²) in [6.45, 7) is 1.22. The molecule has 22 heavy (non-hydrogen) atoms. The zero-order chi connectivity index (χ0) is 16.1. The average molecular weight is 300 g/mol. The highest BCUT2D eigenvalue weighted by atomic mass is 16.5. The molecule has 0 atom stereocenters.